The second kappa shape index (κ2) is 16.9. The highest BCUT2D eigenvalue weighted by atomic mass is 16.7. The van der Waals surface area contributed by atoms with Crippen molar-refractivity contribution in [1.29, 1.82) is 0 Å². The molecule has 0 radical (unpaired) electrons. The van der Waals surface area contributed by atoms with Crippen molar-refractivity contribution in [2.75, 3.05) is 67.8 Å². The topological polar surface area (TPSA) is 131 Å². The van der Waals surface area contributed by atoms with Crippen LogP contribution in [0.25, 0.3) is 0 Å². The number of methoxy groups -OCH3 is 2. The molecule has 12 heteroatoms. The number of carbonyl (C=O) groups is 3. The first kappa shape index (κ1) is 31.4. The van der Waals surface area contributed by atoms with Crippen molar-refractivity contribution in [2.24, 2.45) is 0 Å². The highest BCUT2D eigenvalue weighted by Crippen LogP contribution is 2.28. The molecule has 3 atom stereocenters. The van der Waals surface area contributed by atoms with Crippen LogP contribution in [0, 0.1) is 0 Å². The Labute approximate surface area is 223 Å². The number of nitrogens with one attached hydrogen (secondary N) is 1. The molecule has 3 unspecified atom stereocenters. The molecule has 0 saturated carbocycles. The molecule has 1 aromatic rings. The van der Waals surface area contributed by atoms with Crippen LogP contribution >= 0.6 is 0 Å². The summed E-state index contributed by atoms with van der Waals surface area (Å²) in [5.74, 6) is -1.21. The maximum atomic E-state index is 13.0. The molecule has 1 amide bonds. The third kappa shape index (κ3) is 11.3. The predicted octanol–water partition coefficient (Wildman–Crippen LogP) is 1.15. The molecule has 38 heavy (non-hydrogen) atoms. The summed E-state index contributed by atoms with van der Waals surface area (Å²) in [6, 6.07) is 5.06. The summed E-state index contributed by atoms with van der Waals surface area (Å²) in [5, 5.41) is 2.82. The zero-order valence-corrected chi connectivity index (χ0v) is 22.9. The van der Waals surface area contributed by atoms with Gasteiger partial charge in [-0.3, -0.25) is 9.59 Å². The summed E-state index contributed by atoms with van der Waals surface area (Å²) >= 11 is 0. The minimum Gasteiger partial charge on any atom is -0.467 e. The molecule has 1 saturated heterocycles. The van der Waals surface area contributed by atoms with Gasteiger partial charge in [0.25, 0.3) is 5.91 Å². The molecule has 1 fully saturated rings. The second-order valence-corrected chi connectivity index (χ2v) is 8.95. The van der Waals surface area contributed by atoms with E-state index in [9.17, 15) is 14.4 Å². The fourth-order valence-corrected chi connectivity index (χ4v) is 3.69. The van der Waals surface area contributed by atoms with Crippen LogP contribution in [-0.4, -0.2) is 109 Å². The van der Waals surface area contributed by atoms with E-state index < -0.39 is 30.4 Å². The average molecular weight is 541 g/mol. The van der Waals surface area contributed by atoms with Crippen molar-refractivity contribution in [2.45, 2.75) is 44.9 Å². The van der Waals surface area contributed by atoms with E-state index in [0.717, 1.165) is 12.1 Å². The van der Waals surface area contributed by atoms with Crippen molar-refractivity contribution >= 4 is 17.8 Å². The molecule has 12 nitrogen and oxygen atoms in total. The molecule has 0 aliphatic carbocycles. The molecule has 1 aromatic carbocycles. The number of likely N-dealkylation sites (N-methyl/N-ethyl adjacent to an activating group) is 1. The van der Waals surface area contributed by atoms with E-state index in [0.29, 0.717) is 33.0 Å². The van der Waals surface area contributed by atoms with Crippen LogP contribution in [0.2, 0.25) is 0 Å². The Hall–Kier alpha value is -2.77. The number of rotatable bonds is 16. The molecule has 1 N–H and O–H groups in total. The van der Waals surface area contributed by atoms with Crippen molar-refractivity contribution in [3.8, 4) is 5.75 Å². The zero-order valence-electron chi connectivity index (χ0n) is 22.9. The number of nitrogens with zero attached hydrogens (tertiary/aromatic N) is 1. The Balaban J connectivity index is 1.99. The predicted molar refractivity (Wildman–Crippen MR) is 136 cm³/mol. The Morgan fingerprint density at radius 1 is 1.05 bits per heavy atom. The van der Waals surface area contributed by atoms with Crippen molar-refractivity contribution < 1.29 is 47.5 Å². The number of ether oxygens (including phenoxy) is 7. The van der Waals surface area contributed by atoms with Crippen molar-refractivity contribution in [1.82, 2.24) is 10.2 Å². The summed E-state index contributed by atoms with van der Waals surface area (Å²) in [7, 11) is 6.76. The van der Waals surface area contributed by atoms with E-state index in [2.05, 4.69) is 5.32 Å². The van der Waals surface area contributed by atoms with E-state index in [4.69, 9.17) is 33.2 Å². The first-order valence-electron chi connectivity index (χ1n) is 12.5. The molecule has 214 valence electrons. The number of carbonyl (C=O) groups excluding carboxylic acids is 3. The number of amides is 1. The number of hydrogen-bond acceptors (Lipinski definition) is 11. The van der Waals surface area contributed by atoms with Gasteiger partial charge in [0.05, 0.1) is 45.7 Å². The molecule has 0 aromatic heterocycles. The molecule has 1 heterocycles. The van der Waals surface area contributed by atoms with Gasteiger partial charge in [-0.2, -0.15) is 0 Å². The highest BCUT2D eigenvalue weighted by molar-refractivity contribution is 5.97. The standard InChI is InChI=1S/C26H40N2O10/c1-18(29)36-20-15-23(26(31)33-5)38-24(16-20)37-22-7-6-19(17-32-4)14-21(22)25(30)27-8-10-34-12-13-35-11-9-28(2)3/h6-7,14,20,23-24H,8-13,15-17H2,1-5H3,(H,27,30). The second-order valence-electron chi connectivity index (χ2n) is 8.95. The van der Waals surface area contributed by atoms with E-state index in [1.165, 1.54) is 14.0 Å². The third-order valence-corrected chi connectivity index (χ3v) is 5.49. The third-order valence-electron chi connectivity index (χ3n) is 5.49. The summed E-state index contributed by atoms with van der Waals surface area (Å²) in [6.45, 7) is 4.54. The Bertz CT molecular complexity index is 895. The largest absolute Gasteiger partial charge is 0.467 e. The summed E-state index contributed by atoms with van der Waals surface area (Å²) in [5.41, 5.74) is 1.03. The summed E-state index contributed by atoms with van der Waals surface area (Å²) < 4.78 is 38.0. The quantitative estimate of drug-likeness (QED) is 0.239. The summed E-state index contributed by atoms with van der Waals surface area (Å²) in [6.07, 6.45) is -2.21. The van der Waals surface area contributed by atoms with Crippen LogP contribution in [0.5, 0.6) is 5.75 Å². The van der Waals surface area contributed by atoms with Crippen LogP contribution < -0.4 is 10.1 Å². The van der Waals surface area contributed by atoms with Gasteiger partial charge in [0.15, 0.2) is 6.10 Å². The van der Waals surface area contributed by atoms with Crippen LogP contribution in [0.1, 0.15) is 35.7 Å². The summed E-state index contributed by atoms with van der Waals surface area (Å²) in [4.78, 5) is 38.7. The van der Waals surface area contributed by atoms with Crippen LogP contribution in [0.15, 0.2) is 18.2 Å². The Morgan fingerprint density at radius 2 is 1.79 bits per heavy atom. The minimum atomic E-state index is -0.975. The van der Waals surface area contributed by atoms with Gasteiger partial charge in [0, 0.05) is 40.0 Å². The van der Waals surface area contributed by atoms with Gasteiger partial charge in [0.1, 0.15) is 11.9 Å². The fraction of sp³-hybridized carbons (Fsp3) is 0.654. The fourth-order valence-electron chi connectivity index (χ4n) is 3.69. The smallest absolute Gasteiger partial charge is 0.335 e. The van der Waals surface area contributed by atoms with Crippen LogP contribution in [-0.2, 0) is 44.6 Å². The first-order chi connectivity index (χ1) is 18.2. The molecule has 1 aliphatic heterocycles. The molecule has 2 rings (SSSR count). The lowest BCUT2D eigenvalue weighted by molar-refractivity contribution is -0.204. The number of esters is 2. The SMILES string of the molecule is COCc1ccc(OC2CC(OC(C)=O)CC(C(=O)OC)O2)c(C(=O)NCCOCCOCCN(C)C)c1. The van der Waals surface area contributed by atoms with Crippen molar-refractivity contribution in [3.05, 3.63) is 29.3 Å². The van der Waals surface area contributed by atoms with Gasteiger partial charge in [-0.05, 0) is 31.8 Å². The maximum absolute atomic E-state index is 13.0. The maximum Gasteiger partial charge on any atom is 0.335 e. The average Bonchev–Trinajstić information content (AvgIpc) is 2.87. The Morgan fingerprint density at radius 3 is 2.45 bits per heavy atom. The molecular weight excluding hydrogens is 500 g/mol. The number of benzene rings is 1. The Kier molecular flexibility index (Phi) is 14.0. The highest BCUT2D eigenvalue weighted by Gasteiger charge is 2.37. The normalized spacial score (nSPS) is 19.2. The lowest BCUT2D eigenvalue weighted by atomic mass is 10.0. The minimum absolute atomic E-state index is 0.146. The van der Waals surface area contributed by atoms with Gasteiger partial charge in [-0.25, -0.2) is 4.79 Å². The van der Waals surface area contributed by atoms with Gasteiger partial charge in [-0.1, -0.05) is 6.07 Å². The van der Waals surface area contributed by atoms with E-state index in [1.54, 1.807) is 25.3 Å². The molecule has 0 bridgehead atoms. The van der Waals surface area contributed by atoms with E-state index in [-0.39, 0.29) is 36.6 Å². The molecule has 0 spiro atoms. The van der Waals surface area contributed by atoms with Gasteiger partial charge >= 0.3 is 11.9 Å². The van der Waals surface area contributed by atoms with E-state index >= 15 is 0 Å². The van der Waals surface area contributed by atoms with Gasteiger partial charge in [0.2, 0.25) is 6.29 Å². The van der Waals surface area contributed by atoms with Crippen molar-refractivity contribution in [3.63, 3.8) is 0 Å². The van der Waals surface area contributed by atoms with E-state index in [1.807, 2.05) is 19.0 Å². The first-order valence-corrected chi connectivity index (χ1v) is 12.5. The van der Waals surface area contributed by atoms with Gasteiger partial charge in [-0.15, -0.1) is 0 Å². The monoisotopic (exact) mass is 540 g/mol. The van der Waals surface area contributed by atoms with Crippen LogP contribution in [0.4, 0.5) is 0 Å². The zero-order chi connectivity index (χ0) is 27.9. The van der Waals surface area contributed by atoms with Gasteiger partial charge < -0.3 is 43.4 Å². The molecule has 1 aliphatic rings. The number of hydrogen-bond donors (Lipinski definition) is 1. The van der Waals surface area contributed by atoms with Crippen LogP contribution in [0.3, 0.4) is 0 Å². The molecular formula is C26H40N2O10. The lowest BCUT2D eigenvalue weighted by Gasteiger charge is -2.33. The lowest BCUT2D eigenvalue weighted by Crippen LogP contribution is -2.44.